The molecule has 1 rings (SSSR count). The Morgan fingerprint density at radius 1 is 1.73 bits per heavy atom. The predicted molar refractivity (Wildman–Crippen MR) is 60.0 cm³/mol. The van der Waals surface area contributed by atoms with E-state index in [4.69, 9.17) is 10.8 Å². The number of nitrogens with zero attached hydrogens (tertiary/aromatic N) is 1. The molecule has 3 N–H and O–H groups in total. The summed E-state index contributed by atoms with van der Waals surface area (Å²) in [6.07, 6.45) is 6.85. The number of hydrogen-bond acceptors (Lipinski definition) is 3. The lowest BCUT2D eigenvalue weighted by molar-refractivity contribution is -0.138. The van der Waals surface area contributed by atoms with Crippen molar-refractivity contribution in [2.24, 2.45) is 10.7 Å². The first-order chi connectivity index (χ1) is 7.13. The topological polar surface area (TPSA) is 75.7 Å². The van der Waals surface area contributed by atoms with Crippen molar-refractivity contribution in [3.8, 4) is 0 Å². The second kappa shape index (κ2) is 5.46. The number of aliphatic imine (C=N–C) groups is 1. The standard InChI is InChI=1S/C11H16N2O2/c1-2-13-9-5-3-4-8(6-9)7-10(12)11(14)15/h3-5,10H,2,6-7,12H2,1H3,(H,14,15). The van der Waals surface area contributed by atoms with Crippen LogP contribution in [0.3, 0.4) is 0 Å². The second-order valence-electron chi connectivity index (χ2n) is 3.48. The van der Waals surface area contributed by atoms with E-state index in [1.54, 1.807) is 0 Å². The summed E-state index contributed by atoms with van der Waals surface area (Å²) in [6, 6.07) is -0.814. The molecule has 1 atom stereocenters. The SMILES string of the molecule is CCN=C1C=CC=C(CC(N)C(=O)O)C1. The number of aliphatic carboxylic acids is 1. The van der Waals surface area contributed by atoms with Crippen LogP contribution in [-0.2, 0) is 4.79 Å². The highest BCUT2D eigenvalue weighted by Gasteiger charge is 2.15. The van der Waals surface area contributed by atoms with Crippen molar-refractivity contribution in [3.63, 3.8) is 0 Å². The summed E-state index contributed by atoms with van der Waals surface area (Å²) in [7, 11) is 0. The van der Waals surface area contributed by atoms with Gasteiger partial charge in [0, 0.05) is 18.7 Å². The van der Waals surface area contributed by atoms with Crippen LogP contribution >= 0.6 is 0 Å². The van der Waals surface area contributed by atoms with Gasteiger partial charge in [0.1, 0.15) is 6.04 Å². The molecule has 82 valence electrons. The lowest BCUT2D eigenvalue weighted by atomic mass is 9.97. The second-order valence-corrected chi connectivity index (χ2v) is 3.48. The molecular weight excluding hydrogens is 192 g/mol. The Kier molecular flexibility index (Phi) is 4.24. The zero-order valence-corrected chi connectivity index (χ0v) is 8.81. The zero-order valence-electron chi connectivity index (χ0n) is 8.81. The van der Waals surface area contributed by atoms with Crippen molar-refractivity contribution in [1.82, 2.24) is 0 Å². The molecule has 0 fully saturated rings. The third-order valence-corrected chi connectivity index (χ3v) is 2.19. The van der Waals surface area contributed by atoms with Gasteiger partial charge in [0.2, 0.25) is 0 Å². The third-order valence-electron chi connectivity index (χ3n) is 2.19. The van der Waals surface area contributed by atoms with Crippen LogP contribution in [0.2, 0.25) is 0 Å². The van der Waals surface area contributed by atoms with Gasteiger partial charge in [-0.05, 0) is 19.4 Å². The Morgan fingerprint density at radius 2 is 2.47 bits per heavy atom. The van der Waals surface area contributed by atoms with Gasteiger partial charge in [-0.2, -0.15) is 0 Å². The van der Waals surface area contributed by atoms with Gasteiger partial charge in [-0.15, -0.1) is 0 Å². The minimum atomic E-state index is -0.959. The Balaban J connectivity index is 2.58. The molecule has 0 bridgehead atoms. The fourth-order valence-corrected chi connectivity index (χ4v) is 1.47. The summed E-state index contributed by atoms with van der Waals surface area (Å²) < 4.78 is 0. The fraction of sp³-hybridized carbons (Fsp3) is 0.455. The summed E-state index contributed by atoms with van der Waals surface area (Å²) in [5, 5.41) is 8.68. The van der Waals surface area contributed by atoms with Gasteiger partial charge in [0.15, 0.2) is 0 Å². The summed E-state index contributed by atoms with van der Waals surface area (Å²) >= 11 is 0. The largest absolute Gasteiger partial charge is 0.480 e. The van der Waals surface area contributed by atoms with E-state index in [1.165, 1.54) is 0 Å². The summed E-state index contributed by atoms with van der Waals surface area (Å²) in [5.74, 6) is -0.959. The molecule has 0 aliphatic heterocycles. The number of carbonyl (C=O) groups is 1. The minimum absolute atomic E-state index is 0.391. The molecule has 0 aromatic rings. The van der Waals surface area contributed by atoms with Gasteiger partial charge in [0.25, 0.3) is 0 Å². The molecule has 0 spiro atoms. The van der Waals surface area contributed by atoms with E-state index >= 15 is 0 Å². The predicted octanol–water partition coefficient (Wildman–Crippen LogP) is 1.14. The maximum atomic E-state index is 10.6. The van der Waals surface area contributed by atoms with E-state index in [0.29, 0.717) is 12.8 Å². The van der Waals surface area contributed by atoms with Crippen molar-refractivity contribution in [1.29, 1.82) is 0 Å². The van der Waals surface area contributed by atoms with E-state index in [2.05, 4.69) is 4.99 Å². The Hall–Kier alpha value is -1.42. The molecule has 0 saturated carbocycles. The summed E-state index contributed by atoms with van der Waals surface area (Å²) in [6.45, 7) is 2.72. The molecule has 1 aliphatic rings. The maximum Gasteiger partial charge on any atom is 0.320 e. The first-order valence-electron chi connectivity index (χ1n) is 5.01. The van der Waals surface area contributed by atoms with Crippen molar-refractivity contribution in [2.45, 2.75) is 25.8 Å². The van der Waals surface area contributed by atoms with Crippen LogP contribution in [0.1, 0.15) is 19.8 Å². The van der Waals surface area contributed by atoms with Crippen LogP contribution < -0.4 is 5.73 Å². The van der Waals surface area contributed by atoms with Crippen LogP contribution in [0.25, 0.3) is 0 Å². The highest BCUT2D eigenvalue weighted by Crippen LogP contribution is 2.15. The van der Waals surface area contributed by atoms with Crippen LogP contribution in [0, 0.1) is 0 Å². The molecule has 0 saturated heterocycles. The smallest absolute Gasteiger partial charge is 0.320 e. The highest BCUT2D eigenvalue weighted by atomic mass is 16.4. The van der Waals surface area contributed by atoms with Crippen LogP contribution in [0.5, 0.6) is 0 Å². The maximum absolute atomic E-state index is 10.6. The Labute approximate surface area is 89.2 Å². The molecule has 0 heterocycles. The average molecular weight is 208 g/mol. The van der Waals surface area contributed by atoms with Crippen molar-refractivity contribution < 1.29 is 9.90 Å². The molecule has 4 heteroatoms. The van der Waals surface area contributed by atoms with E-state index < -0.39 is 12.0 Å². The quantitative estimate of drug-likeness (QED) is 0.727. The number of carboxylic acids is 1. The minimum Gasteiger partial charge on any atom is -0.480 e. The van der Waals surface area contributed by atoms with Gasteiger partial charge in [0.05, 0.1) is 0 Å². The number of rotatable bonds is 4. The van der Waals surface area contributed by atoms with Crippen LogP contribution in [-0.4, -0.2) is 29.4 Å². The molecular formula is C11H16N2O2. The molecule has 0 amide bonds. The van der Waals surface area contributed by atoms with E-state index in [0.717, 1.165) is 17.8 Å². The first kappa shape index (κ1) is 11.7. The molecule has 0 aromatic carbocycles. The van der Waals surface area contributed by atoms with Gasteiger partial charge >= 0.3 is 5.97 Å². The molecule has 4 nitrogen and oxygen atoms in total. The van der Waals surface area contributed by atoms with Crippen molar-refractivity contribution in [2.75, 3.05) is 6.54 Å². The molecule has 1 aliphatic carbocycles. The van der Waals surface area contributed by atoms with Crippen molar-refractivity contribution >= 4 is 11.7 Å². The third kappa shape index (κ3) is 3.67. The molecule has 15 heavy (non-hydrogen) atoms. The van der Waals surface area contributed by atoms with Gasteiger partial charge in [-0.1, -0.05) is 17.7 Å². The summed E-state index contributed by atoms with van der Waals surface area (Å²) in [5.41, 5.74) is 7.48. The Morgan fingerprint density at radius 3 is 3.07 bits per heavy atom. The number of carboxylic acid groups (broad SMARTS) is 1. The number of nitrogens with two attached hydrogens (primary N) is 1. The summed E-state index contributed by atoms with van der Waals surface area (Å²) in [4.78, 5) is 14.9. The van der Waals surface area contributed by atoms with Crippen LogP contribution in [0.4, 0.5) is 0 Å². The van der Waals surface area contributed by atoms with E-state index in [9.17, 15) is 4.79 Å². The van der Waals surface area contributed by atoms with E-state index in [1.807, 2.05) is 25.2 Å². The van der Waals surface area contributed by atoms with Gasteiger partial charge in [-0.3, -0.25) is 9.79 Å². The van der Waals surface area contributed by atoms with Crippen molar-refractivity contribution in [3.05, 3.63) is 23.8 Å². The van der Waals surface area contributed by atoms with E-state index in [-0.39, 0.29) is 0 Å². The average Bonchev–Trinajstić information content (AvgIpc) is 2.18. The lowest BCUT2D eigenvalue weighted by Crippen LogP contribution is -2.30. The number of hydrogen-bond donors (Lipinski definition) is 2. The Bertz CT molecular complexity index is 329. The van der Waals surface area contributed by atoms with Gasteiger partial charge in [-0.25, -0.2) is 0 Å². The monoisotopic (exact) mass is 208 g/mol. The number of allylic oxidation sites excluding steroid dienone is 3. The zero-order chi connectivity index (χ0) is 11.3. The van der Waals surface area contributed by atoms with Gasteiger partial charge < -0.3 is 10.8 Å². The molecule has 0 radical (unpaired) electrons. The highest BCUT2D eigenvalue weighted by molar-refractivity contribution is 5.98. The molecule has 0 aromatic heterocycles. The fourth-order valence-electron chi connectivity index (χ4n) is 1.47. The molecule has 1 unspecified atom stereocenters. The lowest BCUT2D eigenvalue weighted by Gasteiger charge is -2.13. The first-order valence-corrected chi connectivity index (χ1v) is 5.01. The van der Waals surface area contributed by atoms with Crippen LogP contribution in [0.15, 0.2) is 28.8 Å². The normalized spacial score (nSPS) is 20.1.